The number of alkyl halides is 3. The summed E-state index contributed by atoms with van der Waals surface area (Å²) >= 11 is 5.93. The Hall–Kier alpha value is -2.09. The molecular formula is C14H15ClF3N5. The van der Waals surface area contributed by atoms with Gasteiger partial charge in [-0.2, -0.15) is 23.3 Å². The smallest absolute Gasteiger partial charge is 0.353 e. The van der Waals surface area contributed by atoms with Crippen LogP contribution in [0.5, 0.6) is 0 Å². The second kappa shape index (κ2) is 6.99. The van der Waals surface area contributed by atoms with Crippen LogP contribution in [-0.2, 0) is 6.18 Å². The van der Waals surface area contributed by atoms with Gasteiger partial charge in [0.25, 0.3) is 0 Å². The van der Waals surface area contributed by atoms with Crippen LogP contribution < -0.4 is 10.6 Å². The van der Waals surface area contributed by atoms with Crippen LogP contribution in [0, 0.1) is 5.92 Å². The fourth-order valence-corrected chi connectivity index (χ4v) is 1.83. The summed E-state index contributed by atoms with van der Waals surface area (Å²) in [5, 5.41) is 13.4. The summed E-state index contributed by atoms with van der Waals surface area (Å²) in [5.74, 6) is 0.910. The average molecular weight is 346 g/mol. The maximum atomic E-state index is 12.8. The van der Waals surface area contributed by atoms with Gasteiger partial charge in [0.2, 0.25) is 5.95 Å². The molecule has 2 rings (SSSR count). The highest BCUT2D eigenvalue weighted by molar-refractivity contribution is 6.33. The average Bonchev–Trinajstić information content (AvgIpc) is 2.47. The van der Waals surface area contributed by atoms with E-state index < -0.39 is 11.7 Å². The highest BCUT2D eigenvalue weighted by atomic mass is 35.5. The van der Waals surface area contributed by atoms with Crippen LogP contribution in [0.15, 0.2) is 24.4 Å². The van der Waals surface area contributed by atoms with Gasteiger partial charge in [0.1, 0.15) is 0 Å². The Morgan fingerprint density at radius 1 is 1.26 bits per heavy atom. The van der Waals surface area contributed by atoms with Gasteiger partial charge in [-0.05, 0) is 24.1 Å². The first-order valence-electron chi connectivity index (χ1n) is 6.83. The van der Waals surface area contributed by atoms with Crippen molar-refractivity contribution < 1.29 is 13.2 Å². The number of aromatic nitrogens is 3. The van der Waals surface area contributed by atoms with E-state index in [9.17, 15) is 13.2 Å². The second-order valence-electron chi connectivity index (χ2n) is 5.26. The number of nitrogens with one attached hydrogen (secondary N) is 2. The Labute approximate surface area is 136 Å². The van der Waals surface area contributed by atoms with E-state index in [0.717, 1.165) is 12.1 Å². The standard InChI is InChI=1S/C14H15ClF3N5/c1-8(2)6-19-13-22-12(7-20-23-13)21-11-5-9(14(16,17)18)3-4-10(11)15/h3-5,7-8H,6H2,1-2H3,(H2,19,21,22,23). The van der Waals surface area contributed by atoms with Crippen molar-refractivity contribution >= 4 is 29.1 Å². The first kappa shape index (κ1) is 17.3. The van der Waals surface area contributed by atoms with E-state index in [-0.39, 0.29) is 22.5 Å². The topological polar surface area (TPSA) is 62.7 Å². The molecule has 124 valence electrons. The molecule has 0 amide bonds. The molecule has 0 aliphatic carbocycles. The summed E-state index contributed by atoms with van der Waals surface area (Å²) in [7, 11) is 0. The van der Waals surface area contributed by atoms with Crippen LogP contribution in [-0.4, -0.2) is 21.7 Å². The molecule has 1 aromatic carbocycles. The molecule has 0 saturated carbocycles. The predicted molar refractivity (Wildman–Crippen MR) is 82.9 cm³/mol. The molecule has 0 spiro atoms. The number of nitrogens with zero attached hydrogens (tertiary/aromatic N) is 3. The van der Waals surface area contributed by atoms with Crippen LogP contribution in [0.25, 0.3) is 0 Å². The fourth-order valence-electron chi connectivity index (χ4n) is 1.67. The van der Waals surface area contributed by atoms with E-state index in [1.807, 2.05) is 13.8 Å². The van der Waals surface area contributed by atoms with Crippen molar-refractivity contribution in [3.05, 3.63) is 35.0 Å². The summed E-state index contributed by atoms with van der Waals surface area (Å²) in [4.78, 5) is 4.14. The lowest BCUT2D eigenvalue weighted by molar-refractivity contribution is -0.137. The van der Waals surface area contributed by atoms with Crippen LogP contribution in [0.4, 0.5) is 30.6 Å². The first-order chi connectivity index (χ1) is 10.8. The minimum absolute atomic E-state index is 0.0943. The van der Waals surface area contributed by atoms with Crippen molar-refractivity contribution in [1.82, 2.24) is 15.2 Å². The molecule has 2 N–H and O–H groups in total. The molecule has 1 aromatic heterocycles. The quantitative estimate of drug-likeness (QED) is 0.843. The summed E-state index contributed by atoms with van der Waals surface area (Å²) in [5.41, 5.74) is -0.707. The van der Waals surface area contributed by atoms with Crippen LogP contribution in [0.2, 0.25) is 5.02 Å². The highest BCUT2D eigenvalue weighted by Crippen LogP contribution is 2.34. The van der Waals surface area contributed by atoms with E-state index in [0.29, 0.717) is 12.5 Å². The molecule has 2 aromatic rings. The lowest BCUT2D eigenvalue weighted by Gasteiger charge is -2.12. The summed E-state index contributed by atoms with van der Waals surface area (Å²) < 4.78 is 38.3. The number of halogens is 4. The highest BCUT2D eigenvalue weighted by Gasteiger charge is 2.31. The summed E-state index contributed by atoms with van der Waals surface area (Å²) in [6, 6.07) is 3.02. The largest absolute Gasteiger partial charge is 0.416 e. The van der Waals surface area contributed by atoms with Gasteiger partial charge in [0, 0.05) is 6.54 Å². The van der Waals surface area contributed by atoms with Gasteiger partial charge in [-0.1, -0.05) is 25.4 Å². The molecule has 23 heavy (non-hydrogen) atoms. The van der Waals surface area contributed by atoms with Crippen molar-refractivity contribution in [3.63, 3.8) is 0 Å². The van der Waals surface area contributed by atoms with Crippen molar-refractivity contribution in [2.75, 3.05) is 17.2 Å². The molecule has 0 saturated heterocycles. The zero-order chi connectivity index (χ0) is 17.0. The molecule has 5 nitrogen and oxygen atoms in total. The lowest BCUT2D eigenvalue weighted by atomic mass is 10.2. The fraction of sp³-hybridized carbons (Fsp3) is 0.357. The molecule has 0 unspecified atom stereocenters. The van der Waals surface area contributed by atoms with E-state index in [1.54, 1.807) is 0 Å². The number of anilines is 3. The first-order valence-corrected chi connectivity index (χ1v) is 7.21. The minimum Gasteiger partial charge on any atom is -0.353 e. The zero-order valence-electron chi connectivity index (χ0n) is 12.4. The number of rotatable bonds is 5. The van der Waals surface area contributed by atoms with Crippen LogP contribution in [0.1, 0.15) is 19.4 Å². The van der Waals surface area contributed by atoms with Gasteiger partial charge in [-0.15, -0.1) is 5.10 Å². The molecule has 9 heteroatoms. The van der Waals surface area contributed by atoms with Gasteiger partial charge >= 0.3 is 6.18 Å². The maximum Gasteiger partial charge on any atom is 0.416 e. The Kier molecular flexibility index (Phi) is 5.25. The third-order valence-corrected chi connectivity index (χ3v) is 3.11. The summed E-state index contributed by atoms with van der Waals surface area (Å²) in [6.45, 7) is 4.69. The van der Waals surface area contributed by atoms with Crippen molar-refractivity contribution in [2.45, 2.75) is 20.0 Å². The predicted octanol–water partition coefficient (Wildman–Crippen LogP) is 4.36. The van der Waals surface area contributed by atoms with E-state index in [4.69, 9.17) is 11.6 Å². The third kappa shape index (κ3) is 4.95. The lowest BCUT2D eigenvalue weighted by Crippen LogP contribution is -2.12. The molecule has 1 heterocycles. The maximum absolute atomic E-state index is 12.8. The van der Waals surface area contributed by atoms with Crippen molar-refractivity contribution in [3.8, 4) is 0 Å². The normalized spacial score (nSPS) is 11.6. The Morgan fingerprint density at radius 2 is 2.00 bits per heavy atom. The van der Waals surface area contributed by atoms with Gasteiger partial charge in [0.15, 0.2) is 5.82 Å². The van der Waals surface area contributed by atoms with Crippen LogP contribution in [0.3, 0.4) is 0 Å². The second-order valence-corrected chi connectivity index (χ2v) is 5.66. The zero-order valence-corrected chi connectivity index (χ0v) is 13.2. The van der Waals surface area contributed by atoms with Gasteiger partial charge in [-0.25, -0.2) is 0 Å². The molecule has 0 aliphatic rings. The minimum atomic E-state index is -4.45. The van der Waals surface area contributed by atoms with E-state index in [2.05, 4.69) is 25.8 Å². The number of hydrogen-bond acceptors (Lipinski definition) is 5. The molecule has 0 aliphatic heterocycles. The molecular weight excluding hydrogens is 331 g/mol. The van der Waals surface area contributed by atoms with Gasteiger partial charge < -0.3 is 10.6 Å². The Bertz CT molecular complexity index is 676. The van der Waals surface area contributed by atoms with Gasteiger partial charge in [0.05, 0.1) is 22.5 Å². The molecule has 0 fully saturated rings. The van der Waals surface area contributed by atoms with Gasteiger partial charge in [-0.3, -0.25) is 0 Å². The molecule has 0 bridgehead atoms. The van der Waals surface area contributed by atoms with Crippen molar-refractivity contribution in [1.29, 1.82) is 0 Å². The monoisotopic (exact) mass is 345 g/mol. The van der Waals surface area contributed by atoms with Crippen molar-refractivity contribution in [2.24, 2.45) is 5.92 Å². The van der Waals surface area contributed by atoms with Crippen LogP contribution >= 0.6 is 11.6 Å². The van der Waals surface area contributed by atoms with E-state index >= 15 is 0 Å². The Morgan fingerprint density at radius 3 is 2.65 bits per heavy atom. The molecule has 0 atom stereocenters. The Balaban J connectivity index is 2.20. The number of benzene rings is 1. The third-order valence-electron chi connectivity index (χ3n) is 2.78. The molecule has 0 radical (unpaired) electrons. The SMILES string of the molecule is CC(C)CNc1nncc(Nc2cc(C(F)(F)F)ccc2Cl)n1. The van der Waals surface area contributed by atoms with E-state index in [1.165, 1.54) is 12.3 Å². The summed E-state index contributed by atoms with van der Waals surface area (Å²) in [6.07, 6.45) is -3.15. The number of hydrogen-bond donors (Lipinski definition) is 2.